The van der Waals surface area contributed by atoms with Gasteiger partial charge in [0.2, 0.25) is 9.70 Å². The summed E-state index contributed by atoms with van der Waals surface area (Å²) in [6.07, 6.45) is 0.117. The molecule has 1 fully saturated rings. The van der Waals surface area contributed by atoms with Gasteiger partial charge in [-0.25, -0.2) is 9.18 Å². The molecule has 1 aromatic rings. The maximum atomic E-state index is 13.4. The molecule has 0 spiro atoms. The largest absolute Gasteiger partial charge is 0.456 e. The molecule has 1 saturated heterocycles. The second-order valence-corrected chi connectivity index (χ2v) is 10.0. The summed E-state index contributed by atoms with van der Waals surface area (Å²) in [5, 5.41) is 2.15. The lowest BCUT2D eigenvalue weighted by Gasteiger charge is -2.49. The molecular formula is C18H16Cl3FN2O4S. The van der Waals surface area contributed by atoms with E-state index in [2.05, 4.69) is 5.32 Å². The Kier molecular flexibility index (Phi) is 6.98. The summed E-state index contributed by atoms with van der Waals surface area (Å²) < 4.78 is 16.5. The Morgan fingerprint density at radius 3 is 2.59 bits per heavy atom. The zero-order valence-electron chi connectivity index (χ0n) is 14.9. The maximum Gasteiger partial charge on any atom is 0.355 e. The van der Waals surface area contributed by atoms with Crippen molar-refractivity contribution in [3.63, 3.8) is 0 Å². The summed E-state index contributed by atoms with van der Waals surface area (Å²) in [6.45, 7) is -1.47. The maximum absolute atomic E-state index is 13.4. The van der Waals surface area contributed by atoms with Gasteiger partial charge in [0, 0.05) is 11.3 Å². The van der Waals surface area contributed by atoms with E-state index in [-0.39, 0.29) is 29.4 Å². The number of benzene rings is 1. The number of nitrogens with zero attached hydrogens (tertiary/aromatic N) is 1. The summed E-state index contributed by atoms with van der Waals surface area (Å²) >= 11 is 18.0. The Bertz CT molecular complexity index is 847. The predicted octanol–water partition coefficient (Wildman–Crippen LogP) is 2.77. The third kappa shape index (κ3) is 5.17. The number of amides is 2. The van der Waals surface area contributed by atoms with E-state index in [1.165, 1.54) is 11.8 Å². The molecule has 1 unspecified atom stereocenters. The van der Waals surface area contributed by atoms with Gasteiger partial charge in [-0.3, -0.25) is 14.5 Å². The fraction of sp³-hybridized carbons (Fsp3) is 0.389. The Balaban J connectivity index is 1.68. The second-order valence-electron chi connectivity index (χ2n) is 6.39. The molecule has 6 nitrogen and oxygen atoms in total. The first-order chi connectivity index (χ1) is 13.7. The van der Waals surface area contributed by atoms with Crippen LogP contribution in [0, 0.1) is 0 Å². The number of halogens is 4. The lowest BCUT2D eigenvalue weighted by atomic mass is 10.0. The number of fused-ring (bicyclic) bond motifs is 1. The number of carbonyl (C=O) groups excluding carboxylic acids is 3. The number of carbonyl (C=O) groups is 3. The topological polar surface area (TPSA) is 75.7 Å². The molecule has 29 heavy (non-hydrogen) atoms. The fourth-order valence-electron chi connectivity index (χ4n) is 3.00. The van der Waals surface area contributed by atoms with Crippen molar-refractivity contribution < 1.29 is 23.5 Å². The Morgan fingerprint density at radius 2 is 1.97 bits per heavy atom. The quantitative estimate of drug-likeness (QED) is 0.384. The molecule has 2 aliphatic heterocycles. The van der Waals surface area contributed by atoms with Crippen LogP contribution in [0.4, 0.5) is 4.39 Å². The van der Waals surface area contributed by atoms with Crippen molar-refractivity contribution in [3.8, 4) is 0 Å². The minimum atomic E-state index is -1.83. The van der Waals surface area contributed by atoms with Crippen LogP contribution in [0.25, 0.3) is 0 Å². The van der Waals surface area contributed by atoms with Crippen LogP contribution in [0.1, 0.15) is 5.56 Å². The highest BCUT2D eigenvalue weighted by Gasteiger charge is 2.54. The number of rotatable bonds is 6. The summed E-state index contributed by atoms with van der Waals surface area (Å²) in [4.78, 5) is 38.4. The standard InChI is InChI=1S/C18H16Cl3FN2O4S/c19-18(20,21)9-28-17(27)14-11(7-22)8-29-16-13(15(26)24(14)16)23-12(25)6-10-4-2-1-3-5-10/h1-5,13,16H,6-9H2,(H,23,25)/t13?,16-/m1/s1. The molecule has 3 rings (SSSR count). The molecule has 0 radical (unpaired) electrons. The zero-order chi connectivity index (χ0) is 21.2. The number of ether oxygens (including phenoxy) is 1. The first kappa shape index (κ1) is 22.2. The third-order valence-electron chi connectivity index (χ3n) is 4.29. The molecule has 11 heteroatoms. The molecule has 0 aromatic heterocycles. The van der Waals surface area contributed by atoms with Crippen LogP contribution < -0.4 is 5.32 Å². The van der Waals surface area contributed by atoms with Crippen LogP contribution in [0.15, 0.2) is 41.6 Å². The van der Waals surface area contributed by atoms with Gasteiger partial charge in [-0.15, -0.1) is 11.8 Å². The summed E-state index contributed by atoms with van der Waals surface area (Å²) in [6, 6.07) is 8.26. The van der Waals surface area contributed by atoms with Crippen molar-refractivity contribution >= 4 is 64.3 Å². The highest BCUT2D eigenvalue weighted by molar-refractivity contribution is 8.00. The smallest absolute Gasteiger partial charge is 0.355 e. The number of thioether (sulfide) groups is 1. The van der Waals surface area contributed by atoms with Gasteiger partial charge in [-0.05, 0) is 5.56 Å². The van der Waals surface area contributed by atoms with Gasteiger partial charge >= 0.3 is 5.97 Å². The van der Waals surface area contributed by atoms with Crippen molar-refractivity contribution in [2.75, 3.05) is 19.0 Å². The van der Waals surface area contributed by atoms with Crippen LogP contribution in [0.3, 0.4) is 0 Å². The highest BCUT2D eigenvalue weighted by atomic mass is 35.6. The van der Waals surface area contributed by atoms with Gasteiger partial charge in [0.1, 0.15) is 30.4 Å². The Labute approximate surface area is 185 Å². The first-order valence-corrected chi connectivity index (χ1v) is 10.7. The average Bonchev–Trinajstić information content (AvgIpc) is 2.69. The average molecular weight is 482 g/mol. The Morgan fingerprint density at radius 1 is 1.28 bits per heavy atom. The molecular weight excluding hydrogens is 466 g/mol. The van der Waals surface area contributed by atoms with Crippen LogP contribution >= 0.6 is 46.6 Å². The van der Waals surface area contributed by atoms with Gasteiger partial charge in [0.25, 0.3) is 5.91 Å². The minimum absolute atomic E-state index is 0.114. The number of nitrogens with one attached hydrogen (secondary N) is 1. The van der Waals surface area contributed by atoms with Crippen LogP contribution in [0.5, 0.6) is 0 Å². The van der Waals surface area contributed by atoms with Gasteiger partial charge < -0.3 is 10.1 Å². The third-order valence-corrected chi connectivity index (χ3v) is 5.96. The first-order valence-electron chi connectivity index (χ1n) is 8.51. The predicted molar refractivity (Wildman–Crippen MR) is 109 cm³/mol. The zero-order valence-corrected chi connectivity index (χ0v) is 18.0. The van der Waals surface area contributed by atoms with Crippen LogP contribution in [0.2, 0.25) is 0 Å². The number of esters is 1. The van der Waals surface area contributed by atoms with Crippen molar-refractivity contribution in [2.24, 2.45) is 0 Å². The summed E-state index contributed by atoms with van der Waals surface area (Å²) in [7, 11) is 0. The minimum Gasteiger partial charge on any atom is -0.456 e. The highest BCUT2D eigenvalue weighted by Crippen LogP contribution is 2.41. The van der Waals surface area contributed by atoms with Gasteiger partial charge in [-0.1, -0.05) is 65.1 Å². The molecule has 0 saturated carbocycles. The summed E-state index contributed by atoms with van der Waals surface area (Å²) in [5.41, 5.74) is 0.729. The van der Waals surface area contributed by atoms with Crippen molar-refractivity contribution in [2.45, 2.75) is 21.6 Å². The monoisotopic (exact) mass is 480 g/mol. The molecule has 0 bridgehead atoms. The molecule has 1 N–H and O–H groups in total. The van der Waals surface area contributed by atoms with Crippen molar-refractivity contribution in [1.29, 1.82) is 0 Å². The number of hydrogen-bond acceptors (Lipinski definition) is 5. The van der Waals surface area contributed by atoms with E-state index in [0.29, 0.717) is 0 Å². The van der Waals surface area contributed by atoms with Gasteiger partial charge in [0.15, 0.2) is 0 Å². The molecule has 2 aliphatic rings. The molecule has 2 atom stereocenters. The lowest BCUT2D eigenvalue weighted by Crippen LogP contribution is -2.70. The van der Waals surface area contributed by atoms with Crippen molar-refractivity contribution in [3.05, 3.63) is 47.2 Å². The van der Waals surface area contributed by atoms with E-state index in [1.54, 1.807) is 12.1 Å². The summed E-state index contributed by atoms with van der Waals surface area (Å²) in [5.74, 6) is -1.61. The lowest BCUT2D eigenvalue weighted by molar-refractivity contribution is -0.152. The van der Waals surface area contributed by atoms with E-state index >= 15 is 0 Å². The van der Waals surface area contributed by atoms with Gasteiger partial charge in [-0.2, -0.15) is 0 Å². The van der Waals surface area contributed by atoms with E-state index < -0.39 is 40.4 Å². The molecule has 156 valence electrons. The number of hydrogen-bond donors (Lipinski definition) is 1. The fourth-order valence-corrected chi connectivity index (χ4v) is 4.48. The SMILES string of the molecule is O=C(Cc1ccccc1)NC1C(=O)N2C(C(=O)OCC(Cl)(Cl)Cl)=C(CF)CS[C@H]12. The van der Waals surface area contributed by atoms with Crippen molar-refractivity contribution in [1.82, 2.24) is 10.2 Å². The van der Waals surface area contributed by atoms with Crippen LogP contribution in [-0.2, 0) is 25.5 Å². The second kappa shape index (κ2) is 9.12. The van der Waals surface area contributed by atoms with E-state index in [4.69, 9.17) is 39.5 Å². The molecule has 2 heterocycles. The normalized spacial score (nSPS) is 21.4. The van der Waals surface area contributed by atoms with E-state index in [0.717, 1.165) is 10.5 Å². The van der Waals surface area contributed by atoms with E-state index in [1.807, 2.05) is 18.2 Å². The molecule has 1 aromatic carbocycles. The van der Waals surface area contributed by atoms with Gasteiger partial charge in [0.05, 0.1) is 6.42 Å². The van der Waals surface area contributed by atoms with Crippen LogP contribution in [-0.4, -0.2) is 56.9 Å². The molecule has 0 aliphatic carbocycles. The van der Waals surface area contributed by atoms with E-state index in [9.17, 15) is 18.8 Å². The Hall–Kier alpha value is -1.48. The number of β-lactam (4-membered cyclic amide) rings is 1. The molecule has 2 amide bonds. The number of alkyl halides is 4.